The van der Waals surface area contributed by atoms with Gasteiger partial charge in [-0.05, 0) is 7.05 Å². The molecule has 8 heteroatoms. The van der Waals surface area contributed by atoms with E-state index in [0.29, 0.717) is 13.1 Å². The minimum absolute atomic E-state index is 0. The molecule has 2 rings (SSSR count). The molecule has 0 saturated heterocycles. The molecule has 5 nitrogen and oxygen atoms in total. The topological polar surface area (TPSA) is 58.4 Å². The van der Waals surface area contributed by atoms with Crippen LogP contribution in [0.2, 0.25) is 0 Å². The maximum atomic E-state index is 11.2. The van der Waals surface area contributed by atoms with Crippen LogP contribution in [0.1, 0.15) is 5.69 Å². The Morgan fingerprint density at radius 2 is 2.29 bits per heavy atom. The van der Waals surface area contributed by atoms with Crippen LogP contribution in [0.5, 0.6) is 0 Å². The molecule has 0 aliphatic carbocycles. The third-order valence-corrected chi connectivity index (χ3v) is 2.72. The number of nitrogens with zero attached hydrogens (tertiary/aromatic N) is 2. The molecule has 0 fully saturated rings. The maximum Gasteiger partial charge on any atom is 0.234 e. The monoisotopic (exact) mass is 296 g/mol. The third kappa shape index (κ3) is 4.16. The molecule has 17 heavy (non-hydrogen) atoms. The molecule has 2 aromatic rings. The molecule has 0 aliphatic heterocycles. The first-order valence-corrected chi connectivity index (χ1v) is 5.50. The molecule has 0 aromatic carbocycles. The number of halogens is 2. The maximum absolute atomic E-state index is 11.2. The van der Waals surface area contributed by atoms with Crippen LogP contribution < -0.4 is 10.6 Å². The summed E-state index contributed by atoms with van der Waals surface area (Å²) in [6.07, 6.45) is 3.87. The van der Waals surface area contributed by atoms with Crippen LogP contribution in [-0.2, 0) is 11.3 Å². The van der Waals surface area contributed by atoms with E-state index in [2.05, 4.69) is 15.6 Å². The van der Waals surface area contributed by atoms with Gasteiger partial charge in [-0.25, -0.2) is 4.98 Å². The van der Waals surface area contributed by atoms with Crippen molar-refractivity contribution < 1.29 is 4.79 Å². The van der Waals surface area contributed by atoms with E-state index < -0.39 is 0 Å². The number of thiazole rings is 1. The van der Waals surface area contributed by atoms with Gasteiger partial charge >= 0.3 is 0 Å². The Morgan fingerprint density at radius 1 is 1.53 bits per heavy atom. The summed E-state index contributed by atoms with van der Waals surface area (Å²) in [5.41, 5.74) is 0.881. The van der Waals surface area contributed by atoms with Crippen molar-refractivity contribution in [2.45, 2.75) is 6.54 Å². The molecule has 0 unspecified atom stereocenters. The first-order chi connectivity index (χ1) is 7.29. The molecule has 0 aliphatic rings. The van der Waals surface area contributed by atoms with E-state index >= 15 is 0 Å². The smallest absolute Gasteiger partial charge is 0.234 e. The third-order valence-electron chi connectivity index (χ3n) is 1.95. The molecular formula is C9H14Cl2N4OS. The fourth-order valence-corrected chi connectivity index (χ4v) is 1.99. The van der Waals surface area contributed by atoms with Gasteiger partial charge in [-0.3, -0.25) is 9.20 Å². The van der Waals surface area contributed by atoms with Gasteiger partial charge in [-0.15, -0.1) is 36.2 Å². The Morgan fingerprint density at radius 3 is 2.94 bits per heavy atom. The van der Waals surface area contributed by atoms with Gasteiger partial charge in [0, 0.05) is 17.8 Å². The van der Waals surface area contributed by atoms with Crippen LogP contribution in [0.3, 0.4) is 0 Å². The van der Waals surface area contributed by atoms with Crippen molar-refractivity contribution in [3.63, 3.8) is 0 Å². The number of aromatic nitrogens is 2. The molecule has 0 atom stereocenters. The number of imidazole rings is 1. The molecule has 2 N–H and O–H groups in total. The van der Waals surface area contributed by atoms with Crippen LogP contribution in [0.4, 0.5) is 0 Å². The van der Waals surface area contributed by atoms with Crippen molar-refractivity contribution in [3.05, 3.63) is 23.5 Å². The zero-order valence-electron chi connectivity index (χ0n) is 9.17. The van der Waals surface area contributed by atoms with Gasteiger partial charge in [0.1, 0.15) is 0 Å². The van der Waals surface area contributed by atoms with Gasteiger partial charge < -0.3 is 10.6 Å². The van der Waals surface area contributed by atoms with Crippen molar-refractivity contribution in [2.75, 3.05) is 13.6 Å². The lowest BCUT2D eigenvalue weighted by molar-refractivity contribution is -0.120. The van der Waals surface area contributed by atoms with Crippen LogP contribution in [0, 0.1) is 0 Å². The van der Waals surface area contributed by atoms with Crippen molar-refractivity contribution in [3.8, 4) is 0 Å². The van der Waals surface area contributed by atoms with E-state index in [1.54, 1.807) is 18.4 Å². The number of hydrogen-bond acceptors (Lipinski definition) is 4. The lowest BCUT2D eigenvalue weighted by Gasteiger charge is -2.01. The first-order valence-electron chi connectivity index (χ1n) is 4.62. The standard InChI is InChI=1S/C9H12N4OS.2ClH/c1-10-5-8(14)11-4-7-6-13-2-3-15-9(13)12-7;;/h2-3,6,10H,4-5H2,1H3,(H,11,14);2*1H. The summed E-state index contributed by atoms with van der Waals surface area (Å²) in [5, 5.41) is 7.55. The Labute approximate surface area is 115 Å². The molecule has 1 amide bonds. The van der Waals surface area contributed by atoms with Crippen molar-refractivity contribution >= 4 is 47.0 Å². The summed E-state index contributed by atoms with van der Waals surface area (Å²) in [5.74, 6) is -0.0196. The second-order valence-electron chi connectivity index (χ2n) is 3.13. The highest BCUT2D eigenvalue weighted by Crippen LogP contribution is 2.10. The Hall–Kier alpha value is -0.820. The van der Waals surface area contributed by atoms with E-state index in [1.165, 1.54) is 0 Å². The molecule has 0 radical (unpaired) electrons. The van der Waals surface area contributed by atoms with Gasteiger partial charge in [-0.2, -0.15) is 0 Å². The van der Waals surface area contributed by atoms with Crippen LogP contribution in [0.15, 0.2) is 17.8 Å². The predicted octanol–water partition coefficient (Wildman–Crippen LogP) is 1.07. The zero-order valence-corrected chi connectivity index (χ0v) is 11.6. The lowest BCUT2D eigenvalue weighted by Crippen LogP contribution is -2.31. The van der Waals surface area contributed by atoms with Crippen LogP contribution in [-0.4, -0.2) is 28.9 Å². The van der Waals surface area contributed by atoms with E-state index in [9.17, 15) is 4.79 Å². The predicted molar refractivity (Wildman–Crippen MR) is 73.3 cm³/mol. The Bertz CT molecular complexity index is 442. The van der Waals surface area contributed by atoms with Crippen molar-refractivity contribution in [2.24, 2.45) is 0 Å². The van der Waals surface area contributed by atoms with Gasteiger partial charge in [-0.1, -0.05) is 0 Å². The normalized spacial score (nSPS) is 9.47. The minimum Gasteiger partial charge on any atom is -0.349 e. The molecule has 0 bridgehead atoms. The van der Waals surface area contributed by atoms with E-state index in [1.807, 2.05) is 22.2 Å². The highest BCUT2D eigenvalue weighted by Gasteiger charge is 2.03. The number of carbonyl (C=O) groups excluding carboxylic acids is 1. The van der Waals surface area contributed by atoms with E-state index in [-0.39, 0.29) is 30.7 Å². The molecule has 2 heterocycles. The lowest BCUT2D eigenvalue weighted by atomic mass is 10.4. The van der Waals surface area contributed by atoms with E-state index in [0.717, 1.165) is 10.7 Å². The van der Waals surface area contributed by atoms with Crippen molar-refractivity contribution in [1.82, 2.24) is 20.0 Å². The average molecular weight is 297 g/mol. The summed E-state index contributed by atoms with van der Waals surface area (Å²) in [4.78, 5) is 16.5. The Kier molecular flexibility index (Phi) is 7.13. The quantitative estimate of drug-likeness (QED) is 0.887. The number of carbonyl (C=O) groups is 1. The zero-order chi connectivity index (χ0) is 10.7. The fourth-order valence-electron chi connectivity index (χ4n) is 1.27. The number of likely N-dealkylation sites (N-methyl/N-ethyl adjacent to an activating group) is 1. The van der Waals surface area contributed by atoms with Crippen LogP contribution in [0.25, 0.3) is 4.96 Å². The summed E-state index contributed by atoms with van der Waals surface area (Å²) < 4.78 is 1.95. The van der Waals surface area contributed by atoms with Gasteiger partial charge in [0.2, 0.25) is 5.91 Å². The van der Waals surface area contributed by atoms with Crippen LogP contribution >= 0.6 is 36.2 Å². The second-order valence-corrected chi connectivity index (χ2v) is 4.01. The molecular weight excluding hydrogens is 283 g/mol. The number of rotatable bonds is 4. The molecule has 96 valence electrons. The Balaban J connectivity index is 0.00000128. The summed E-state index contributed by atoms with van der Waals surface area (Å²) in [7, 11) is 1.74. The summed E-state index contributed by atoms with van der Waals surface area (Å²) in [6, 6.07) is 0. The van der Waals surface area contributed by atoms with Gasteiger partial charge in [0.25, 0.3) is 0 Å². The highest BCUT2D eigenvalue weighted by molar-refractivity contribution is 7.15. The number of nitrogens with one attached hydrogen (secondary N) is 2. The minimum atomic E-state index is -0.0196. The molecule has 2 aromatic heterocycles. The number of hydrogen-bond donors (Lipinski definition) is 2. The second kappa shape index (κ2) is 7.50. The largest absolute Gasteiger partial charge is 0.349 e. The molecule has 0 saturated carbocycles. The van der Waals surface area contributed by atoms with E-state index in [4.69, 9.17) is 0 Å². The average Bonchev–Trinajstić information content (AvgIpc) is 2.74. The van der Waals surface area contributed by atoms with Crippen molar-refractivity contribution in [1.29, 1.82) is 0 Å². The number of fused-ring (bicyclic) bond motifs is 1. The highest BCUT2D eigenvalue weighted by atomic mass is 35.5. The van der Waals surface area contributed by atoms with Gasteiger partial charge in [0.15, 0.2) is 4.96 Å². The first kappa shape index (κ1) is 16.2. The molecule has 0 spiro atoms. The fraction of sp³-hybridized carbons (Fsp3) is 0.333. The summed E-state index contributed by atoms with van der Waals surface area (Å²) >= 11 is 1.58. The summed E-state index contributed by atoms with van der Waals surface area (Å²) in [6.45, 7) is 0.817. The SMILES string of the molecule is CNCC(=O)NCc1cn2ccsc2n1.Cl.Cl. The number of amides is 1. The van der Waals surface area contributed by atoms with Gasteiger partial charge in [0.05, 0.1) is 18.8 Å².